The van der Waals surface area contributed by atoms with Crippen LogP contribution < -0.4 is 4.74 Å². The standard InChI is InChI=1S/C16H21N3O/c1-6-11(4)15-12-7-8-14(20-5)19-16(12)17-9-13(15)18-10(2)3/h7-9,11H,6H2,1-5H3. The summed E-state index contributed by atoms with van der Waals surface area (Å²) in [6.07, 6.45) is 2.86. The van der Waals surface area contributed by atoms with E-state index in [1.807, 2.05) is 32.2 Å². The zero-order valence-corrected chi connectivity index (χ0v) is 12.8. The second-order valence-corrected chi connectivity index (χ2v) is 5.15. The van der Waals surface area contributed by atoms with Crippen molar-refractivity contribution >= 4 is 22.4 Å². The molecule has 0 aliphatic heterocycles. The summed E-state index contributed by atoms with van der Waals surface area (Å²) >= 11 is 0. The van der Waals surface area contributed by atoms with Crippen LogP contribution in [0.25, 0.3) is 11.0 Å². The molecule has 0 saturated heterocycles. The zero-order chi connectivity index (χ0) is 14.7. The van der Waals surface area contributed by atoms with Gasteiger partial charge in [-0.25, -0.2) is 4.98 Å². The number of hydrogen-bond donors (Lipinski definition) is 0. The molecular weight excluding hydrogens is 250 g/mol. The summed E-state index contributed by atoms with van der Waals surface area (Å²) in [5.74, 6) is 0.997. The second-order valence-electron chi connectivity index (χ2n) is 5.15. The van der Waals surface area contributed by atoms with E-state index in [-0.39, 0.29) is 0 Å². The Morgan fingerprint density at radius 2 is 2.10 bits per heavy atom. The normalized spacial score (nSPS) is 12.2. The zero-order valence-electron chi connectivity index (χ0n) is 12.8. The molecule has 0 aromatic carbocycles. The van der Waals surface area contributed by atoms with Gasteiger partial charge in [0.1, 0.15) is 0 Å². The number of methoxy groups -OCH3 is 1. The van der Waals surface area contributed by atoms with Crippen molar-refractivity contribution in [3.8, 4) is 5.88 Å². The Bertz CT molecular complexity index is 645. The number of rotatable bonds is 4. The van der Waals surface area contributed by atoms with Gasteiger partial charge in [-0.3, -0.25) is 4.99 Å². The highest BCUT2D eigenvalue weighted by atomic mass is 16.5. The van der Waals surface area contributed by atoms with Crippen molar-refractivity contribution in [1.82, 2.24) is 9.97 Å². The van der Waals surface area contributed by atoms with Gasteiger partial charge in [0.2, 0.25) is 5.88 Å². The van der Waals surface area contributed by atoms with E-state index >= 15 is 0 Å². The minimum atomic E-state index is 0.411. The number of pyridine rings is 2. The molecule has 0 aliphatic rings. The first kappa shape index (κ1) is 14.4. The van der Waals surface area contributed by atoms with Gasteiger partial charge in [-0.2, -0.15) is 4.98 Å². The molecule has 2 heterocycles. The Balaban J connectivity index is 2.73. The van der Waals surface area contributed by atoms with Crippen LogP contribution in [0.4, 0.5) is 5.69 Å². The van der Waals surface area contributed by atoms with Crippen molar-refractivity contribution in [3.05, 3.63) is 23.9 Å². The number of aromatic nitrogens is 2. The number of fused-ring (bicyclic) bond motifs is 1. The average molecular weight is 271 g/mol. The average Bonchev–Trinajstić information content (AvgIpc) is 2.45. The monoisotopic (exact) mass is 271 g/mol. The van der Waals surface area contributed by atoms with E-state index in [0.717, 1.165) is 23.2 Å². The Hall–Kier alpha value is -1.97. The van der Waals surface area contributed by atoms with Crippen molar-refractivity contribution in [3.63, 3.8) is 0 Å². The smallest absolute Gasteiger partial charge is 0.215 e. The summed E-state index contributed by atoms with van der Waals surface area (Å²) < 4.78 is 5.17. The molecule has 1 unspecified atom stereocenters. The molecule has 4 heteroatoms. The van der Waals surface area contributed by atoms with E-state index in [1.165, 1.54) is 5.56 Å². The van der Waals surface area contributed by atoms with Crippen LogP contribution in [0.15, 0.2) is 23.3 Å². The van der Waals surface area contributed by atoms with Crippen LogP contribution in [0.2, 0.25) is 0 Å². The van der Waals surface area contributed by atoms with Gasteiger partial charge in [0.05, 0.1) is 19.0 Å². The number of aliphatic imine (C=N–C) groups is 1. The number of hydrogen-bond acceptors (Lipinski definition) is 4. The summed E-state index contributed by atoms with van der Waals surface area (Å²) in [5.41, 5.74) is 3.90. The van der Waals surface area contributed by atoms with Crippen molar-refractivity contribution < 1.29 is 4.74 Å². The van der Waals surface area contributed by atoms with Crippen LogP contribution in [0, 0.1) is 0 Å². The van der Waals surface area contributed by atoms with Gasteiger partial charge in [-0.1, -0.05) is 13.8 Å². The highest BCUT2D eigenvalue weighted by molar-refractivity contribution is 5.88. The predicted molar refractivity (Wildman–Crippen MR) is 83.2 cm³/mol. The highest BCUT2D eigenvalue weighted by Gasteiger charge is 2.15. The molecule has 0 bridgehead atoms. The highest BCUT2D eigenvalue weighted by Crippen LogP contribution is 2.34. The minimum Gasteiger partial charge on any atom is -0.481 e. The maximum Gasteiger partial charge on any atom is 0.215 e. The van der Waals surface area contributed by atoms with E-state index in [2.05, 4.69) is 28.8 Å². The Morgan fingerprint density at radius 3 is 2.70 bits per heavy atom. The van der Waals surface area contributed by atoms with Crippen LogP contribution in [0.5, 0.6) is 5.88 Å². The number of ether oxygens (including phenoxy) is 1. The molecule has 106 valence electrons. The molecule has 0 spiro atoms. The number of nitrogens with zero attached hydrogens (tertiary/aromatic N) is 3. The van der Waals surface area contributed by atoms with Gasteiger partial charge in [0.25, 0.3) is 0 Å². The maximum atomic E-state index is 5.17. The van der Waals surface area contributed by atoms with Crippen LogP contribution in [0.3, 0.4) is 0 Å². The molecule has 0 fully saturated rings. The lowest BCUT2D eigenvalue weighted by Gasteiger charge is -2.15. The maximum absolute atomic E-state index is 5.17. The van der Waals surface area contributed by atoms with Crippen LogP contribution in [0.1, 0.15) is 45.6 Å². The molecule has 0 radical (unpaired) electrons. The first-order chi connectivity index (χ1) is 9.56. The summed E-state index contributed by atoms with van der Waals surface area (Å²) in [6.45, 7) is 8.39. The van der Waals surface area contributed by atoms with Crippen LogP contribution >= 0.6 is 0 Å². The fraction of sp³-hybridized carbons (Fsp3) is 0.438. The predicted octanol–water partition coefficient (Wildman–Crippen LogP) is 4.26. The van der Waals surface area contributed by atoms with Gasteiger partial charge >= 0.3 is 0 Å². The Morgan fingerprint density at radius 1 is 1.35 bits per heavy atom. The lowest BCUT2D eigenvalue weighted by Crippen LogP contribution is -1.98. The van der Waals surface area contributed by atoms with E-state index < -0.39 is 0 Å². The molecule has 0 aliphatic carbocycles. The molecule has 4 nitrogen and oxygen atoms in total. The fourth-order valence-corrected chi connectivity index (χ4v) is 2.24. The second kappa shape index (κ2) is 5.99. The SMILES string of the molecule is CCC(C)c1c(N=C(C)C)cnc2nc(OC)ccc12. The van der Waals surface area contributed by atoms with E-state index in [4.69, 9.17) is 4.74 Å². The van der Waals surface area contributed by atoms with Gasteiger partial charge in [-0.05, 0) is 37.8 Å². The Labute approximate surface area is 119 Å². The van der Waals surface area contributed by atoms with E-state index in [1.54, 1.807) is 7.11 Å². The third-order valence-corrected chi connectivity index (χ3v) is 3.38. The van der Waals surface area contributed by atoms with E-state index in [9.17, 15) is 0 Å². The van der Waals surface area contributed by atoms with Gasteiger partial charge in [-0.15, -0.1) is 0 Å². The molecule has 0 N–H and O–H groups in total. The van der Waals surface area contributed by atoms with E-state index in [0.29, 0.717) is 17.4 Å². The fourth-order valence-electron chi connectivity index (χ4n) is 2.24. The van der Waals surface area contributed by atoms with Gasteiger partial charge < -0.3 is 4.74 Å². The molecule has 0 amide bonds. The molecular formula is C16H21N3O. The van der Waals surface area contributed by atoms with Crippen molar-refractivity contribution in [2.45, 2.75) is 40.0 Å². The Kier molecular flexibility index (Phi) is 4.32. The first-order valence-corrected chi connectivity index (χ1v) is 6.92. The molecule has 2 rings (SSSR count). The molecule has 0 saturated carbocycles. The quantitative estimate of drug-likeness (QED) is 0.780. The topological polar surface area (TPSA) is 47.4 Å². The minimum absolute atomic E-state index is 0.411. The summed E-state index contributed by atoms with van der Waals surface area (Å²) in [7, 11) is 1.61. The summed E-state index contributed by atoms with van der Waals surface area (Å²) in [6, 6.07) is 3.90. The third-order valence-electron chi connectivity index (χ3n) is 3.38. The van der Waals surface area contributed by atoms with Crippen molar-refractivity contribution in [2.75, 3.05) is 7.11 Å². The van der Waals surface area contributed by atoms with Crippen LogP contribution in [-0.2, 0) is 0 Å². The first-order valence-electron chi connectivity index (χ1n) is 6.92. The summed E-state index contributed by atoms with van der Waals surface area (Å²) in [4.78, 5) is 13.4. The van der Waals surface area contributed by atoms with Crippen LogP contribution in [-0.4, -0.2) is 22.8 Å². The van der Waals surface area contributed by atoms with Crippen molar-refractivity contribution in [2.24, 2.45) is 4.99 Å². The largest absolute Gasteiger partial charge is 0.481 e. The lowest BCUT2D eigenvalue weighted by molar-refractivity contribution is 0.399. The molecule has 20 heavy (non-hydrogen) atoms. The lowest BCUT2D eigenvalue weighted by atomic mass is 9.94. The molecule has 2 aromatic heterocycles. The van der Waals surface area contributed by atoms with Crippen molar-refractivity contribution in [1.29, 1.82) is 0 Å². The third kappa shape index (κ3) is 2.79. The summed E-state index contributed by atoms with van der Waals surface area (Å²) in [5, 5.41) is 1.06. The molecule has 1 atom stereocenters. The van der Waals surface area contributed by atoms with Gasteiger partial charge in [0.15, 0.2) is 5.65 Å². The molecule has 2 aromatic rings. The van der Waals surface area contributed by atoms with Gasteiger partial charge in [0, 0.05) is 17.2 Å².